The van der Waals surface area contributed by atoms with Gasteiger partial charge in [0.1, 0.15) is 25.3 Å². The van der Waals surface area contributed by atoms with Crippen LogP contribution in [-0.2, 0) is 44.8 Å². The van der Waals surface area contributed by atoms with Crippen molar-refractivity contribution in [3.63, 3.8) is 0 Å². The number of benzene rings is 1. The average Bonchev–Trinajstić information content (AvgIpc) is 3.43. The molecule has 1 unspecified atom stereocenters. The fourth-order valence-electron chi connectivity index (χ4n) is 4.48. The predicted molar refractivity (Wildman–Crippen MR) is 185 cm³/mol. The number of likely N-dealkylation sites (N-methyl/N-ethyl adjacent to an activating group) is 2. The third kappa shape index (κ3) is 15.4. The first-order valence-electron chi connectivity index (χ1n) is 16.5. The van der Waals surface area contributed by atoms with E-state index in [0.29, 0.717) is 24.2 Å². The van der Waals surface area contributed by atoms with Crippen LogP contribution in [0.5, 0.6) is 0 Å². The number of ether oxygens (including phenoxy) is 3. The molecule has 1 aromatic rings. The van der Waals surface area contributed by atoms with E-state index in [4.69, 9.17) is 19.9 Å². The van der Waals surface area contributed by atoms with Gasteiger partial charge in [0.2, 0.25) is 18.2 Å². The number of nitrogens with one attached hydrogen (secondary N) is 4. The smallest absolute Gasteiger partial charge is 0.409 e. The van der Waals surface area contributed by atoms with Crippen LogP contribution in [0.2, 0.25) is 0 Å². The Kier molecular flexibility index (Phi) is 18.1. The molecule has 0 saturated carbocycles. The molecule has 1 aliphatic heterocycles. The zero-order chi connectivity index (χ0) is 38.6. The van der Waals surface area contributed by atoms with E-state index < -0.39 is 59.8 Å². The summed E-state index contributed by atoms with van der Waals surface area (Å²) in [5.41, 5.74) is 6.16. The number of amides is 9. The summed E-state index contributed by atoms with van der Waals surface area (Å²) < 4.78 is 15.7. The molecule has 1 heterocycles. The molecule has 0 spiro atoms. The number of imide groups is 1. The van der Waals surface area contributed by atoms with Crippen LogP contribution in [0.1, 0.15) is 32.3 Å². The Labute approximate surface area is 301 Å². The summed E-state index contributed by atoms with van der Waals surface area (Å²) in [6, 6.07) is 3.59. The van der Waals surface area contributed by atoms with E-state index in [1.165, 1.54) is 9.80 Å². The zero-order valence-corrected chi connectivity index (χ0v) is 29.8. The molecule has 0 aromatic heterocycles. The van der Waals surface area contributed by atoms with Crippen LogP contribution in [-0.4, -0.2) is 135 Å². The molecule has 19 nitrogen and oxygen atoms in total. The van der Waals surface area contributed by atoms with Crippen molar-refractivity contribution in [3.05, 3.63) is 42.0 Å². The summed E-state index contributed by atoms with van der Waals surface area (Å²) >= 11 is 0. The van der Waals surface area contributed by atoms with Gasteiger partial charge in [-0.2, -0.15) is 0 Å². The van der Waals surface area contributed by atoms with Gasteiger partial charge in [-0.1, -0.05) is 26.0 Å². The lowest BCUT2D eigenvalue weighted by Crippen LogP contribution is -2.54. The van der Waals surface area contributed by atoms with Crippen LogP contribution < -0.4 is 27.0 Å². The van der Waals surface area contributed by atoms with Crippen molar-refractivity contribution in [1.82, 2.24) is 30.7 Å². The second-order valence-corrected chi connectivity index (χ2v) is 12.0. The van der Waals surface area contributed by atoms with Crippen molar-refractivity contribution in [2.45, 2.75) is 45.4 Å². The maximum absolute atomic E-state index is 13.3. The molecule has 0 bridgehead atoms. The van der Waals surface area contributed by atoms with Gasteiger partial charge in [0.25, 0.3) is 11.8 Å². The number of hydrogen-bond donors (Lipinski definition) is 5. The summed E-state index contributed by atoms with van der Waals surface area (Å²) in [5.74, 6) is -2.49. The normalized spacial score (nSPS) is 13.2. The number of hydrogen-bond acceptors (Lipinski definition) is 11. The molecule has 19 heteroatoms. The molecule has 286 valence electrons. The second-order valence-electron chi connectivity index (χ2n) is 12.0. The highest BCUT2D eigenvalue weighted by Gasteiger charge is 2.29. The Bertz CT molecular complexity index is 1420. The van der Waals surface area contributed by atoms with Gasteiger partial charge in [0.15, 0.2) is 0 Å². The fourth-order valence-corrected chi connectivity index (χ4v) is 4.48. The van der Waals surface area contributed by atoms with Crippen LogP contribution >= 0.6 is 0 Å². The first kappa shape index (κ1) is 42.4. The number of urea groups is 1. The van der Waals surface area contributed by atoms with Crippen molar-refractivity contribution in [1.29, 1.82) is 0 Å². The van der Waals surface area contributed by atoms with Crippen LogP contribution in [0.3, 0.4) is 0 Å². The van der Waals surface area contributed by atoms with Crippen molar-refractivity contribution >= 4 is 53.9 Å². The monoisotopic (exact) mass is 732 g/mol. The second kappa shape index (κ2) is 22.2. The molecule has 0 radical (unpaired) electrons. The third-order valence-electron chi connectivity index (χ3n) is 7.51. The standard InChI is InChI=1S/C33H48N8O11/c1-22(2)28(38-32(48)51-19-18-50-17-16-41-26(43)11-12-27(41)44)30(46)37-25(6-5-13-35-31(34)47)29(45)36-24-9-7-23(8-10-24)20-52-33(49)40(4)15-14-39(3)21-42/h7-12,21-22,25,28H,5-6,13-20H2,1-4H3,(H,36,45)(H,37,46)(H,38,48)(H3,34,35,47)/t25?,28-/m0/s1. The number of carbonyl (C=O) groups excluding carboxylic acids is 8. The van der Waals surface area contributed by atoms with Crippen molar-refractivity contribution in [2.24, 2.45) is 11.7 Å². The molecule has 1 aromatic carbocycles. The number of nitrogens with two attached hydrogens (primary N) is 1. The Morgan fingerprint density at radius 3 is 2.19 bits per heavy atom. The van der Waals surface area contributed by atoms with E-state index in [1.807, 2.05) is 0 Å². The Hall–Kier alpha value is -5.72. The number of anilines is 1. The molecule has 0 fully saturated rings. The summed E-state index contributed by atoms with van der Waals surface area (Å²) in [6.07, 6.45) is 1.91. The van der Waals surface area contributed by atoms with Crippen LogP contribution in [0.4, 0.5) is 20.1 Å². The lowest BCUT2D eigenvalue weighted by atomic mass is 10.0. The zero-order valence-electron chi connectivity index (χ0n) is 29.8. The third-order valence-corrected chi connectivity index (χ3v) is 7.51. The van der Waals surface area contributed by atoms with Crippen LogP contribution in [0.25, 0.3) is 0 Å². The van der Waals surface area contributed by atoms with Crippen LogP contribution in [0, 0.1) is 5.92 Å². The minimum absolute atomic E-state index is 0.0257. The first-order valence-corrected chi connectivity index (χ1v) is 16.5. The summed E-state index contributed by atoms with van der Waals surface area (Å²) in [6.45, 7) is 4.02. The van der Waals surface area contributed by atoms with Gasteiger partial charge in [-0.3, -0.25) is 28.9 Å². The molecular formula is C33H48N8O11. The first-order chi connectivity index (χ1) is 24.7. The van der Waals surface area contributed by atoms with Crippen molar-refractivity contribution in [3.8, 4) is 0 Å². The predicted octanol–water partition coefficient (Wildman–Crippen LogP) is -0.0926. The van der Waals surface area contributed by atoms with E-state index in [2.05, 4.69) is 21.3 Å². The van der Waals surface area contributed by atoms with Gasteiger partial charge in [-0.15, -0.1) is 0 Å². The number of primary amides is 1. The lowest BCUT2D eigenvalue weighted by molar-refractivity contribution is -0.137. The highest BCUT2D eigenvalue weighted by molar-refractivity contribution is 6.12. The average molecular weight is 733 g/mol. The van der Waals surface area contributed by atoms with Gasteiger partial charge >= 0.3 is 18.2 Å². The maximum Gasteiger partial charge on any atom is 0.409 e. The van der Waals surface area contributed by atoms with Gasteiger partial charge in [0, 0.05) is 51.6 Å². The van der Waals surface area contributed by atoms with E-state index in [0.717, 1.165) is 17.1 Å². The SMILES string of the molecule is CC(C)[C@H](NC(=O)OCCOCCN1C(=O)C=CC1=O)C(=O)NC(CCCNC(N)=O)C(=O)Nc1ccc(COC(=O)N(C)CCN(C)C=O)cc1. The van der Waals surface area contributed by atoms with Gasteiger partial charge in [-0.05, 0) is 36.5 Å². The number of carbonyl (C=O) groups is 8. The summed E-state index contributed by atoms with van der Waals surface area (Å²) in [5, 5.41) is 10.3. The highest BCUT2D eigenvalue weighted by atomic mass is 16.6. The highest BCUT2D eigenvalue weighted by Crippen LogP contribution is 2.13. The fraction of sp³-hybridized carbons (Fsp3) is 0.515. The quantitative estimate of drug-likeness (QED) is 0.0599. The van der Waals surface area contributed by atoms with Crippen molar-refractivity contribution in [2.75, 3.05) is 65.4 Å². The topological polar surface area (TPSA) is 248 Å². The molecule has 1 aliphatic rings. The largest absolute Gasteiger partial charge is 0.447 e. The minimum atomic E-state index is -1.08. The number of nitrogens with zero attached hydrogens (tertiary/aromatic N) is 3. The molecular weight excluding hydrogens is 684 g/mol. The van der Waals surface area contributed by atoms with Gasteiger partial charge < -0.3 is 51.0 Å². The summed E-state index contributed by atoms with van der Waals surface area (Å²) in [7, 11) is 3.15. The number of rotatable bonds is 22. The molecule has 6 N–H and O–H groups in total. The van der Waals surface area contributed by atoms with E-state index in [1.54, 1.807) is 52.2 Å². The van der Waals surface area contributed by atoms with Gasteiger partial charge in [0.05, 0.1) is 19.8 Å². The number of alkyl carbamates (subject to hydrolysis) is 1. The van der Waals surface area contributed by atoms with Gasteiger partial charge in [-0.25, -0.2) is 14.4 Å². The minimum Gasteiger partial charge on any atom is -0.447 e. The van der Waals surface area contributed by atoms with E-state index in [9.17, 15) is 38.4 Å². The lowest BCUT2D eigenvalue weighted by Gasteiger charge is -2.25. The van der Waals surface area contributed by atoms with E-state index >= 15 is 0 Å². The summed E-state index contributed by atoms with van der Waals surface area (Å²) in [4.78, 5) is 100. The molecule has 52 heavy (non-hydrogen) atoms. The Balaban J connectivity index is 1.91. The molecule has 0 aliphatic carbocycles. The maximum atomic E-state index is 13.3. The Morgan fingerprint density at radius 2 is 1.58 bits per heavy atom. The van der Waals surface area contributed by atoms with E-state index in [-0.39, 0.29) is 58.9 Å². The van der Waals surface area contributed by atoms with Crippen molar-refractivity contribution < 1.29 is 52.6 Å². The molecule has 0 saturated heterocycles. The Morgan fingerprint density at radius 1 is 0.904 bits per heavy atom. The molecule has 9 amide bonds. The molecule has 2 rings (SSSR count). The van der Waals surface area contributed by atoms with Crippen LogP contribution in [0.15, 0.2) is 36.4 Å². The molecule has 2 atom stereocenters.